The maximum absolute atomic E-state index is 12.7. The van der Waals surface area contributed by atoms with Gasteiger partial charge in [0.15, 0.2) is 0 Å². The lowest BCUT2D eigenvalue weighted by Crippen LogP contribution is -2.56. The predicted molar refractivity (Wildman–Crippen MR) is 111 cm³/mol. The van der Waals surface area contributed by atoms with Gasteiger partial charge in [-0.1, -0.05) is 30.3 Å². The molecule has 3 fully saturated rings. The Kier molecular flexibility index (Phi) is 5.17. The summed E-state index contributed by atoms with van der Waals surface area (Å²) in [5, 5.41) is 3.15. The van der Waals surface area contributed by atoms with Gasteiger partial charge in [0.25, 0.3) is 0 Å². The molecule has 0 bridgehead atoms. The molecule has 1 aromatic rings. The molecule has 1 saturated heterocycles. The topological polar surface area (TPSA) is 44.8 Å². The Hall–Kier alpha value is -1.59. The van der Waals surface area contributed by atoms with Crippen molar-refractivity contribution in [1.29, 1.82) is 0 Å². The van der Waals surface area contributed by atoms with Crippen LogP contribution in [-0.2, 0) is 10.3 Å². The van der Waals surface area contributed by atoms with E-state index in [1.54, 1.807) is 0 Å². The van der Waals surface area contributed by atoms with E-state index in [4.69, 9.17) is 4.74 Å². The van der Waals surface area contributed by atoms with Gasteiger partial charge in [0.2, 0.25) is 0 Å². The monoisotopic (exact) mass is 385 g/mol. The Morgan fingerprint density at radius 3 is 2.29 bits per heavy atom. The molecule has 5 nitrogen and oxygen atoms in total. The number of methoxy groups -OCH3 is 1. The molecule has 0 radical (unpaired) electrons. The fraction of sp³-hybridized carbons (Fsp3) is 0.696. The maximum atomic E-state index is 12.7. The summed E-state index contributed by atoms with van der Waals surface area (Å²) < 4.78 is 5.80. The molecule has 2 amide bonds. The highest BCUT2D eigenvalue weighted by Gasteiger charge is 2.52. The van der Waals surface area contributed by atoms with E-state index in [1.165, 1.54) is 12.0 Å². The lowest BCUT2D eigenvalue weighted by atomic mass is 9.68. The number of carbonyl (C=O) groups excluding carboxylic acids is 1. The number of hydrogen-bond acceptors (Lipinski definition) is 3. The molecule has 0 unspecified atom stereocenters. The molecule has 28 heavy (non-hydrogen) atoms. The molecule has 0 atom stereocenters. The number of amides is 2. The summed E-state index contributed by atoms with van der Waals surface area (Å²) in [5.74, 6) is 0. The van der Waals surface area contributed by atoms with E-state index >= 15 is 0 Å². The average molecular weight is 386 g/mol. The predicted octanol–water partition coefficient (Wildman–Crippen LogP) is 3.74. The van der Waals surface area contributed by atoms with Crippen molar-refractivity contribution in [2.45, 2.75) is 68.0 Å². The van der Waals surface area contributed by atoms with Gasteiger partial charge >= 0.3 is 6.03 Å². The highest BCUT2D eigenvalue weighted by Crippen LogP contribution is 2.48. The van der Waals surface area contributed by atoms with Gasteiger partial charge in [0.05, 0.1) is 11.1 Å². The van der Waals surface area contributed by atoms with E-state index in [0.717, 1.165) is 58.0 Å². The summed E-state index contributed by atoms with van der Waals surface area (Å²) in [6, 6.07) is 11.0. The minimum atomic E-state index is -0.0376. The smallest absolute Gasteiger partial charge is 0.318 e. The van der Waals surface area contributed by atoms with Gasteiger partial charge in [0.1, 0.15) is 0 Å². The third kappa shape index (κ3) is 3.13. The molecule has 1 heterocycles. The van der Waals surface area contributed by atoms with Crippen molar-refractivity contribution in [2.24, 2.45) is 0 Å². The molecular weight excluding hydrogens is 350 g/mol. The van der Waals surface area contributed by atoms with Gasteiger partial charge in [-0.05, 0) is 71.0 Å². The van der Waals surface area contributed by atoms with Gasteiger partial charge in [-0.2, -0.15) is 0 Å². The standard InChI is InChI=1S/C23H35N3O2/c1-25(2)23(19-8-5-4-6-9-19)14-12-21(13-15-23)18-24-20(27)26(21)17-16-22(28-3)10-7-11-22/h4-6,8-9H,7,10-18H2,1-3H3,(H,24,27)/t21-,23-. The van der Waals surface area contributed by atoms with Crippen LogP contribution in [0.4, 0.5) is 4.79 Å². The van der Waals surface area contributed by atoms with Gasteiger partial charge in [-0.25, -0.2) is 4.79 Å². The van der Waals surface area contributed by atoms with Crippen LogP contribution in [0, 0.1) is 0 Å². The van der Waals surface area contributed by atoms with E-state index < -0.39 is 0 Å². The Bertz CT molecular complexity index is 686. The number of nitrogens with one attached hydrogen (secondary N) is 1. The molecule has 4 rings (SSSR count). The van der Waals surface area contributed by atoms with Gasteiger partial charge in [-0.15, -0.1) is 0 Å². The third-order valence-corrected chi connectivity index (χ3v) is 8.05. The van der Waals surface area contributed by atoms with Crippen molar-refractivity contribution in [3.63, 3.8) is 0 Å². The number of urea groups is 1. The third-order valence-electron chi connectivity index (χ3n) is 8.05. The maximum Gasteiger partial charge on any atom is 0.318 e. The number of carbonyl (C=O) groups is 1. The van der Waals surface area contributed by atoms with Crippen LogP contribution >= 0.6 is 0 Å². The second-order valence-corrected chi connectivity index (χ2v) is 9.32. The van der Waals surface area contributed by atoms with Crippen molar-refractivity contribution in [3.05, 3.63) is 35.9 Å². The van der Waals surface area contributed by atoms with Crippen molar-refractivity contribution < 1.29 is 9.53 Å². The SMILES string of the molecule is COC1(CCN2C(=O)NC[C@]23CC[C@@](c2ccccc2)(N(C)C)CC3)CCC1. The summed E-state index contributed by atoms with van der Waals surface area (Å²) in [6.45, 7) is 1.59. The minimum Gasteiger partial charge on any atom is -0.378 e. The van der Waals surface area contributed by atoms with E-state index in [2.05, 4.69) is 59.5 Å². The van der Waals surface area contributed by atoms with E-state index in [0.29, 0.717) is 0 Å². The number of rotatable bonds is 6. The highest BCUT2D eigenvalue weighted by molar-refractivity contribution is 5.78. The molecule has 2 saturated carbocycles. The first-order valence-corrected chi connectivity index (χ1v) is 10.8. The second kappa shape index (κ2) is 7.34. The lowest BCUT2D eigenvalue weighted by molar-refractivity contribution is -0.0844. The molecule has 154 valence electrons. The van der Waals surface area contributed by atoms with Crippen LogP contribution in [0.5, 0.6) is 0 Å². The zero-order valence-corrected chi connectivity index (χ0v) is 17.7. The van der Waals surface area contributed by atoms with Crippen molar-refractivity contribution >= 4 is 6.03 Å². The summed E-state index contributed by atoms with van der Waals surface area (Å²) in [5.41, 5.74) is 1.43. The van der Waals surface area contributed by atoms with Crippen LogP contribution in [0.15, 0.2) is 30.3 Å². The number of benzene rings is 1. The molecule has 1 aliphatic heterocycles. The van der Waals surface area contributed by atoms with Crippen molar-refractivity contribution in [3.8, 4) is 0 Å². The summed E-state index contributed by atoms with van der Waals surface area (Å²) >= 11 is 0. The number of ether oxygens (including phenoxy) is 1. The lowest BCUT2D eigenvalue weighted by Gasteiger charge is -2.51. The molecule has 0 aromatic heterocycles. The fourth-order valence-electron chi connectivity index (χ4n) is 5.75. The zero-order valence-electron chi connectivity index (χ0n) is 17.7. The van der Waals surface area contributed by atoms with E-state index in [1.807, 2.05) is 7.11 Å². The Balaban J connectivity index is 1.50. The van der Waals surface area contributed by atoms with Crippen LogP contribution in [0.3, 0.4) is 0 Å². The number of nitrogens with zero attached hydrogens (tertiary/aromatic N) is 2. The Labute approximate surface area is 169 Å². The first-order valence-electron chi connectivity index (χ1n) is 10.8. The zero-order chi connectivity index (χ0) is 19.8. The van der Waals surface area contributed by atoms with Crippen LogP contribution in [0.1, 0.15) is 56.9 Å². The largest absolute Gasteiger partial charge is 0.378 e. The first-order chi connectivity index (χ1) is 13.5. The van der Waals surface area contributed by atoms with Crippen LogP contribution in [-0.4, -0.2) is 61.3 Å². The molecule has 1 N–H and O–H groups in total. The Morgan fingerprint density at radius 1 is 1.07 bits per heavy atom. The quantitative estimate of drug-likeness (QED) is 0.811. The highest BCUT2D eigenvalue weighted by atomic mass is 16.5. The summed E-state index contributed by atoms with van der Waals surface area (Å²) in [7, 11) is 6.21. The van der Waals surface area contributed by atoms with Crippen LogP contribution in [0.25, 0.3) is 0 Å². The number of hydrogen-bond donors (Lipinski definition) is 1. The average Bonchev–Trinajstić information content (AvgIpc) is 2.98. The molecule has 1 aromatic carbocycles. The summed E-state index contributed by atoms with van der Waals surface area (Å²) in [4.78, 5) is 17.2. The van der Waals surface area contributed by atoms with Crippen molar-refractivity contribution in [2.75, 3.05) is 34.3 Å². The van der Waals surface area contributed by atoms with Crippen LogP contribution in [0.2, 0.25) is 0 Å². The van der Waals surface area contributed by atoms with E-state index in [9.17, 15) is 4.79 Å². The van der Waals surface area contributed by atoms with Crippen LogP contribution < -0.4 is 5.32 Å². The fourth-order valence-corrected chi connectivity index (χ4v) is 5.75. The summed E-state index contributed by atoms with van der Waals surface area (Å²) in [6.07, 6.45) is 8.69. The van der Waals surface area contributed by atoms with E-state index in [-0.39, 0.29) is 22.7 Å². The Morgan fingerprint density at radius 2 is 1.75 bits per heavy atom. The normalized spacial score (nSPS) is 31.9. The van der Waals surface area contributed by atoms with Crippen molar-refractivity contribution in [1.82, 2.24) is 15.1 Å². The minimum absolute atomic E-state index is 0.0101. The molecule has 3 aliphatic rings. The first kappa shape index (κ1) is 19.7. The van der Waals surface area contributed by atoms with Gasteiger partial charge < -0.3 is 15.0 Å². The molecule has 2 aliphatic carbocycles. The van der Waals surface area contributed by atoms with Gasteiger partial charge in [0, 0.05) is 25.7 Å². The molecule has 1 spiro atoms. The molecular formula is C23H35N3O2. The second-order valence-electron chi connectivity index (χ2n) is 9.32. The van der Waals surface area contributed by atoms with Gasteiger partial charge in [-0.3, -0.25) is 4.90 Å². The molecule has 5 heteroatoms.